The Morgan fingerprint density at radius 2 is 0.462 bits per heavy atom. The molecule has 1 rings (SSSR count). The normalized spacial score (nSPS) is 51.2. The minimum atomic E-state index is -1.64. The van der Waals surface area contributed by atoms with Crippen molar-refractivity contribution in [1.29, 1.82) is 0 Å². The summed E-state index contributed by atoms with van der Waals surface area (Å²) in [5.41, 5.74) is 0. The Labute approximate surface area is 84.9 Å². The van der Waals surface area contributed by atoms with E-state index in [1.165, 1.54) is 0 Å². The first kappa shape index (κ1) is 13.3. The molecule has 0 aromatic heterocycles. The maximum absolute atomic E-state index is 8.97. The zero-order valence-electron chi connectivity index (χ0n) is 6.50. The molecular formula is C6H12FeO6. The van der Waals surface area contributed by atoms with Crippen molar-refractivity contribution in [2.75, 3.05) is 0 Å². The van der Waals surface area contributed by atoms with Crippen LogP contribution in [-0.2, 0) is 17.1 Å². The van der Waals surface area contributed by atoms with Crippen molar-refractivity contribution in [3.8, 4) is 0 Å². The fourth-order valence-corrected chi connectivity index (χ4v) is 1.21. The Morgan fingerprint density at radius 1 is 0.385 bits per heavy atom. The van der Waals surface area contributed by atoms with Gasteiger partial charge in [0.25, 0.3) is 0 Å². The standard InChI is InChI=1S/C6H12O6.Fe/c7-1-2(8)4(10)6(12)5(11)3(1)9;/h1-12H;. The van der Waals surface area contributed by atoms with Crippen LogP contribution in [-0.4, -0.2) is 67.3 Å². The minimum Gasteiger partial charge on any atom is -0.387 e. The van der Waals surface area contributed by atoms with Gasteiger partial charge in [0.15, 0.2) is 0 Å². The number of hydrogen-bond acceptors (Lipinski definition) is 6. The monoisotopic (exact) mass is 236 g/mol. The van der Waals surface area contributed by atoms with E-state index in [0.717, 1.165) is 0 Å². The predicted octanol–water partition coefficient (Wildman–Crippen LogP) is -3.84. The van der Waals surface area contributed by atoms with Crippen LogP contribution < -0.4 is 0 Å². The Kier molecular flexibility index (Phi) is 4.78. The van der Waals surface area contributed by atoms with Crippen molar-refractivity contribution in [3.05, 3.63) is 0 Å². The van der Waals surface area contributed by atoms with E-state index in [4.69, 9.17) is 30.6 Å². The van der Waals surface area contributed by atoms with Gasteiger partial charge in [-0.1, -0.05) is 0 Å². The minimum absolute atomic E-state index is 0. The first-order valence-electron chi connectivity index (χ1n) is 3.55. The molecule has 1 fully saturated rings. The van der Waals surface area contributed by atoms with Crippen LogP contribution in [0.3, 0.4) is 0 Å². The molecule has 80 valence electrons. The van der Waals surface area contributed by atoms with Crippen molar-refractivity contribution in [1.82, 2.24) is 0 Å². The van der Waals surface area contributed by atoms with Crippen LogP contribution in [0.1, 0.15) is 0 Å². The Balaban J connectivity index is 0.00000144. The molecule has 0 bridgehead atoms. The molecule has 7 heteroatoms. The van der Waals surface area contributed by atoms with Crippen molar-refractivity contribution >= 4 is 0 Å². The maximum Gasteiger partial charge on any atom is 0.111 e. The van der Waals surface area contributed by atoms with E-state index in [2.05, 4.69) is 0 Å². The van der Waals surface area contributed by atoms with Crippen LogP contribution in [0.15, 0.2) is 0 Å². The Bertz CT molecular complexity index is 109. The molecule has 0 aromatic rings. The molecule has 1 saturated carbocycles. The molecule has 0 spiro atoms. The fraction of sp³-hybridized carbons (Fsp3) is 1.00. The van der Waals surface area contributed by atoms with Gasteiger partial charge >= 0.3 is 0 Å². The summed E-state index contributed by atoms with van der Waals surface area (Å²) in [6, 6.07) is 0. The summed E-state index contributed by atoms with van der Waals surface area (Å²) in [5.74, 6) is 0. The van der Waals surface area contributed by atoms with Crippen molar-refractivity contribution < 1.29 is 47.7 Å². The largest absolute Gasteiger partial charge is 0.387 e. The van der Waals surface area contributed by atoms with Gasteiger partial charge < -0.3 is 30.6 Å². The van der Waals surface area contributed by atoms with Gasteiger partial charge in [0.2, 0.25) is 0 Å². The van der Waals surface area contributed by atoms with Crippen LogP contribution in [0, 0.1) is 0 Å². The van der Waals surface area contributed by atoms with Gasteiger partial charge in [0.1, 0.15) is 36.6 Å². The molecule has 0 saturated heterocycles. The molecule has 0 amide bonds. The smallest absolute Gasteiger partial charge is 0.111 e. The van der Waals surface area contributed by atoms with Crippen molar-refractivity contribution in [3.63, 3.8) is 0 Å². The van der Waals surface area contributed by atoms with Crippen LogP contribution in [0.25, 0.3) is 0 Å². The van der Waals surface area contributed by atoms with Gasteiger partial charge in [-0.3, -0.25) is 0 Å². The Hall–Kier alpha value is 0.279. The molecular weight excluding hydrogens is 224 g/mol. The van der Waals surface area contributed by atoms with Crippen LogP contribution in [0.5, 0.6) is 0 Å². The summed E-state index contributed by atoms with van der Waals surface area (Å²) >= 11 is 0. The van der Waals surface area contributed by atoms with E-state index in [-0.39, 0.29) is 17.1 Å². The second-order valence-corrected chi connectivity index (χ2v) is 2.94. The predicted molar refractivity (Wildman–Crippen MR) is 36.0 cm³/mol. The van der Waals surface area contributed by atoms with Crippen LogP contribution >= 0.6 is 0 Å². The van der Waals surface area contributed by atoms with Crippen molar-refractivity contribution in [2.24, 2.45) is 0 Å². The molecule has 0 aliphatic heterocycles. The molecule has 6 nitrogen and oxygen atoms in total. The molecule has 0 heterocycles. The van der Waals surface area contributed by atoms with Gasteiger partial charge in [-0.15, -0.1) is 0 Å². The number of rotatable bonds is 0. The zero-order valence-corrected chi connectivity index (χ0v) is 7.61. The number of aliphatic hydroxyl groups excluding tert-OH is 6. The summed E-state index contributed by atoms with van der Waals surface area (Å²) in [7, 11) is 0. The molecule has 1 aliphatic rings. The molecule has 0 atom stereocenters. The third kappa shape index (κ3) is 2.20. The van der Waals surface area contributed by atoms with E-state index in [0.29, 0.717) is 0 Å². The van der Waals surface area contributed by atoms with Gasteiger partial charge in [-0.2, -0.15) is 0 Å². The van der Waals surface area contributed by atoms with Gasteiger partial charge in [0.05, 0.1) is 0 Å². The van der Waals surface area contributed by atoms with E-state index in [1.54, 1.807) is 0 Å². The van der Waals surface area contributed by atoms with Crippen LogP contribution in [0.4, 0.5) is 0 Å². The molecule has 1 aliphatic carbocycles. The van der Waals surface area contributed by atoms with Crippen LogP contribution in [0.2, 0.25) is 0 Å². The third-order valence-corrected chi connectivity index (χ3v) is 2.10. The summed E-state index contributed by atoms with van der Waals surface area (Å²) in [5, 5.41) is 53.8. The number of aliphatic hydroxyl groups is 6. The molecule has 13 heavy (non-hydrogen) atoms. The summed E-state index contributed by atoms with van der Waals surface area (Å²) in [4.78, 5) is 0. The van der Waals surface area contributed by atoms with Gasteiger partial charge in [0, 0.05) is 17.1 Å². The average molecular weight is 236 g/mol. The Morgan fingerprint density at radius 3 is 0.538 bits per heavy atom. The first-order chi connectivity index (χ1) is 5.46. The topological polar surface area (TPSA) is 121 Å². The van der Waals surface area contributed by atoms with E-state index in [1.807, 2.05) is 0 Å². The molecule has 6 N–H and O–H groups in total. The average Bonchev–Trinajstić information content (AvgIpc) is 2.08. The summed E-state index contributed by atoms with van der Waals surface area (Å²) in [6.45, 7) is 0. The van der Waals surface area contributed by atoms with Gasteiger partial charge in [-0.05, 0) is 0 Å². The second-order valence-electron chi connectivity index (χ2n) is 2.94. The third-order valence-electron chi connectivity index (χ3n) is 2.10. The summed E-state index contributed by atoms with van der Waals surface area (Å²) < 4.78 is 0. The number of hydrogen-bond donors (Lipinski definition) is 6. The summed E-state index contributed by atoms with van der Waals surface area (Å²) in [6.07, 6.45) is -9.84. The quantitative estimate of drug-likeness (QED) is 0.239. The zero-order chi connectivity index (χ0) is 9.46. The van der Waals surface area contributed by atoms with Crippen molar-refractivity contribution in [2.45, 2.75) is 36.6 Å². The van der Waals surface area contributed by atoms with E-state index < -0.39 is 36.6 Å². The fourth-order valence-electron chi connectivity index (χ4n) is 1.21. The molecule has 0 radical (unpaired) electrons. The van der Waals surface area contributed by atoms with E-state index >= 15 is 0 Å². The second kappa shape index (κ2) is 4.68. The first-order valence-corrected chi connectivity index (χ1v) is 3.55. The SMILES string of the molecule is OC1C(O)C(O)C(O)C(O)C1O.[Fe]. The molecule has 0 unspecified atom stereocenters. The van der Waals surface area contributed by atoms with Gasteiger partial charge in [-0.25, -0.2) is 0 Å². The maximum atomic E-state index is 8.97. The molecule has 0 aromatic carbocycles. The van der Waals surface area contributed by atoms with E-state index in [9.17, 15) is 0 Å².